The van der Waals surface area contributed by atoms with E-state index in [4.69, 9.17) is 4.74 Å². The van der Waals surface area contributed by atoms with E-state index in [1.807, 2.05) is 0 Å². The zero-order valence-electron chi connectivity index (χ0n) is 9.49. The number of pyridine rings is 1. The summed E-state index contributed by atoms with van der Waals surface area (Å²) in [4.78, 5) is 22.4. The first kappa shape index (κ1) is 10.5. The van der Waals surface area contributed by atoms with Gasteiger partial charge >= 0.3 is 0 Å². The van der Waals surface area contributed by atoms with Crippen LogP contribution in [0.5, 0.6) is 5.88 Å². The zero-order valence-corrected chi connectivity index (χ0v) is 9.49. The molecule has 0 saturated carbocycles. The third-order valence-corrected chi connectivity index (χ3v) is 2.51. The van der Waals surface area contributed by atoms with E-state index in [9.17, 15) is 4.79 Å². The summed E-state index contributed by atoms with van der Waals surface area (Å²) in [6.45, 7) is 0. The minimum absolute atomic E-state index is 0.228. The number of aromatic nitrogens is 5. The average molecular weight is 243 g/mol. The van der Waals surface area contributed by atoms with Crippen molar-refractivity contribution in [1.82, 2.24) is 24.7 Å². The van der Waals surface area contributed by atoms with Gasteiger partial charge in [0.2, 0.25) is 5.88 Å². The molecule has 0 aromatic carbocycles. The molecule has 3 aromatic rings. The van der Waals surface area contributed by atoms with Gasteiger partial charge in [-0.2, -0.15) is 14.8 Å². The van der Waals surface area contributed by atoms with Crippen LogP contribution in [0.3, 0.4) is 0 Å². The van der Waals surface area contributed by atoms with E-state index in [0.29, 0.717) is 22.7 Å². The highest BCUT2D eigenvalue weighted by molar-refractivity contribution is 5.74. The normalized spacial score (nSPS) is 10.7. The van der Waals surface area contributed by atoms with Crippen LogP contribution >= 0.6 is 0 Å². The highest BCUT2D eigenvalue weighted by Gasteiger charge is 2.09. The van der Waals surface area contributed by atoms with E-state index in [1.54, 1.807) is 18.2 Å². The monoisotopic (exact) mass is 243 g/mol. The highest BCUT2D eigenvalue weighted by Crippen LogP contribution is 2.14. The molecule has 0 aliphatic rings. The van der Waals surface area contributed by atoms with Crippen molar-refractivity contribution in [3.63, 3.8) is 0 Å². The Morgan fingerprint density at radius 2 is 2.28 bits per heavy atom. The molecule has 0 fully saturated rings. The smallest absolute Gasteiger partial charge is 0.261 e. The largest absolute Gasteiger partial charge is 0.481 e. The second-order valence-corrected chi connectivity index (χ2v) is 3.56. The molecule has 1 N–H and O–H groups in total. The number of ether oxygens (including phenoxy) is 1. The number of hydrogen-bond donors (Lipinski definition) is 1. The Morgan fingerprint density at radius 3 is 3.11 bits per heavy atom. The van der Waals surface area contributed by atoms with Gasteiger partial charge in [0.05, 0.1) is 19.6 Å². The molecule has 7 nitrogen and oxygen atoms in total. The number of nitrogens with zero attached hydrogens (tertiary/aromatic N) is 4. The number of rotatable bonds is 2. The minimum Gasteiger partial charge on any atom is -0.481 e. The van der Waals surface area contributed by atoms with Crippen molar-refractivity contribution in [3.05, 3.63) is 41.1 Å². The fourth-order valence-corrected chi connectivity index (χ4v) is 1.66. The summed E-state index contributed by atoms with van der Waals surface area (Å²) >= 11 is 0. The number of nitrogens with one attached hydrogen (secondary N) is 1. The Bertz CT molecular complexity index is 761. The molecular weight excluding hydrogens is 234 g/mol. The summed E-state index contributed by atoms with van der Waals surface area (Å²) in [6.07, 6.45) is 2.80. The predicted molar refractivity (Wildman–Crippen MR) is 63.8 cm³/mol. The second-order valence-electron chi connectivity index (χ2n) is 3.56. The van der Waals surface area contributed by atoms with Gasteiger partial charge in [0.15, 0.2) is 11.5 Å². The van der Waals surface area contributed by atoms with Gasteiger partial charge in [-0.1, -0.05) is 6.07 Å². The van der Waals surface area contributed by atoms with Crippen LogP contribution in [0.4, 0.5) is 0 Å². The quantitative estimate of drug-likeness (QED) is 0.708. The van der Waals surface area contributed by atoms with Gasteiger partial charge in [0.25, 0.3) is 5.56 Å². The van der Waals surface area contributed by atoms with E-state index in [2.05, 4.69) is 20.1 Å². The molecule has 3 heterocycles. The third kappa shape index (κ3) is 1.53. The van der Waals surface area contributed by atoms with Gasteiger partial charge in [-0.05, 0) is 6.07 Å². The molecule has 3 rings (SSSR count). The predicted octanol–water partition coefficient (Wildman–Crippen LogP) is 0.512. The van der Waals surface area contributed by atoms with Gasteiger partial charge in [-0.15, -0.1) is 0 Å². The van der Waals surface area contributed by atoms with Crippen LogP contribution in [-0.2, 0) is 0 Å². The summed E-state index contributed by atoms with van der Waals surface area (Å²) in [5.74, 6) is 1.02. The fourth-order valence-electron chi connectivity index (χ4n) is 1.66. The standard InChI is InChI=1S/C11H9N5O2/c1-18-9-4-2-3-8(15-9)16-10-7(5-14-16)11(17)13-6-12-10/h2-6H,1H3,(H,12,13,17). The van der Waals surface area contributed by atoms with Crippen molar-refractivity contribution in [2.45, 2.75) is 0 Å². The van der Waals surface area contributed by atoms with Crippen LogP contribution in [0.15, 0.2) is 35.5 Å². The van der Waals surface area contributed by atoms with Crippen molar-refractivity contribution < 1.29 is 4.74 Å². The van der Waals surface area contributed by atoms with Gasteiger partial charge in [-0.3, -0.25) is 4.79 Å². The van der Waals surface area contributed by atoms with E-state index in [-0.39, 0.29) is 5.56 Å². The molecule has 0 spiro atoms. The first-order chi connectivity index (χ1) is 8.79. The molecular formula is C11H9N5O2. The molecule has 18 heavy (non-hydrogen) atoms. The topological polar surface area (TPSA) is 85.7 Å². The molecule has 7 heteroatoms. The number of hydrogen-bond acceptors (Lipinski definition) is 5. The van der Waals surface area contributed by atoms with Gasteiger partial charge in [0.1, 0.15) is 5.39 Å². The molecule has 0 aliphatic carbocycles. The highest BCUT2D eigenvalue weighted by atomic mass is 16.5. The van der Waals surface area contributed by atoms with Gasteiger partial charge in [0, 0.05) is 6.07 Å². The molecule has 0 amide bonds. The van der Waals surface area contributed by atoms with Crippen LogP contribution in [-0.4, -0.2) is 31.8 Å². The summed E-state index contributed by atoms with van der Waals surface area (Å²) in [6, 6.07) is 5.29. The maximum Gasteiger partial charge on any atom is 0.261 e. The zero-order chi connectivity index (χ0) is 12.5. The molecule has 0 aliphatic heterocycles. The van der Waals surface area contributed by atoms with Crippen LogP contribution in [0.1, 0.15) is 0 Å². The summed E-state index contributed by atoms with van der Waals surface area (Å²) in [5.41, 5.74) is 0.230. The number of fused-ring (bicyclic) bond motifs is 1. The van der Waals surface area contributed by atoms with E-state index in [0.717, 1.165) is 0 Å². The van der Waals surface area contributed by atoms with Crippen LogP contribution in [0.25, 0.3) is 16.9 Å². The Balaban J connectivity index is 2.25. The van der Waals surface area contributed by atoms with Gasteiger partial charge < -0.3 is 9.72 Å². The Morgan fingerprint density at radius 1 is 1.39 bits per heavy atom. The van der Waals surface area contributed by atoms with E-state index in [1.165, 1.54) is 24.3 Å². The first-order valence-electron chi connectivity index (χ1n) is 5.22. The summed E-state index contributed by atoms with van der Waals surface area (Å²) < 4.78 is 6.54. The van der Waals surface area contributed by atoms with Crippen molar-refractivity contribution in [1.29, 1.82) is 0 Å². The molecule has 0 unspecified atom stereocenters. The molecule has 3 aromatic heterocycles. The van der Waals surface area contributed by atoms with Crippen LogP contribution < -0.4 is 10.3 Å². The SMILES string of the molecule is COc1cccc(-n2ncc3c(=O)[nH]cnc32)n1. The van der Waals surface area contributed by atoms with Crippen molar-refractivity contribution >= 4 is 11.0 Å². The lowest BCUT2D eigenvalue weighted by Crippen LogP contribution is -2.07. The lowest BCUT2D eigenvalue weighted by atomic mass is 10.4. The average Bonchev–Trinajstić information content (AvgIpc) is 2.84. The Hall–Kier alpha value is -2.70. The first-order valence-corrected chi connectivity index (χ1v) is 5.22. The lowest BCUT2D eigenvalue weighted by molar-refractivity contribution is 0.397. The number of aromatic amines is 1. The van der Waals surface area contributed by atoms with Crippen LogP contribution in [0.2, 0.25) is 0 Å². The van der Waals surface area contributed by atoms with Crippen molar-refractivity contribution in [3.8, 4) is 11.7 Å². The molecule has 90 valence electrons. The van der Waals surface area contributed by atoms with Gasteiger partial charge in [-0.25, -0.2) is 4.98 Å². The molecule has 0 saturated heterocycles. The van der Waals surface area contributed by atoms with Crippen LogP contribution in [0, 0.1) is 0 Å². The Kier molecular flexibility index (Phi) is 2.30. The lowest BCUT2D eigenvalue weighted by Gasteiger charge is -2.03. The fraction of sp³-hybridized carbons (Fsp3) is 0.0909. The number of methoxy groups -OCH3 is 1. The van der Waals surface area contributed by atoms with Crippen molar-refractivity contribution in [2.75, 3.05) is 7.11 Å². The number of H-pyrrole nitrogens is 1. The Labute approximate surface area is 101 Å². The molecule has 0 bridgehead atoms. The summed E-state index contributed by atoms with van der Waals surface area (Å²) in [5, 5.41) is 4.54. The summed E-state index contributed by atoms with van der Waals surface area (Å²) in [7, 11) is 1.54. The minimum atomic E-state index is -0.228. The van der Waals surface area contributed by atoms with Crippen molar-refractivity contribution in [2.24, 2.45) is 0 Å². The molecule has 0 radical (unpaired) electrons. The third-order valence-electron chi connectivity index (χ3n) is 2.51. The molecule has 0 atom stereocenters. The van der Waals surface area contributed by atoms with E-state index >= 15 is 0 Å². The maximum absolute atomic E-state index is 11.6. The van der Waals surface area contributed by atoms with E-state index < -0.39 is 0 Å². The second kappa shape index (κ2) is 3.95. The maximum atomic E-state index is 11.6.